The van der Waals surface area contributed by atoms with E-state index in [0.717, 1.165) is 12.0 Å². The van der Waals surface area contributed by atoms with Gasteiger partial charge in [-0.2, -0.15) is 11.8 Å². The van der Waals surface area contributed by atoms with E-state index in [0.29, 0.717) is 49.5 Å². The molecule has 0 spiro atoms. The molecule has 2 bridgehead atoms. The predicted octanol–water partition coefficient (Wildman–Crippen LogP) is 3.37. The lowest BCUT2D eigenvalue weighted by Gasteiger charge is -2.27. The van der Waals surface area contributed by atoms with Gasteiger partial charge in [0.1, 0.15) is 17.6 Å². The molecule has 1 heterocycles. The lowest BCUT2D eigenvalue weighted by molar-refractivity contribution is -0.130. The van der Waals surface area contributed by atoms with Crippen LogP contribution in [0.1, 0.15) is 49.3 Å². The van der Waals surface area contributed by atoms with Crippen molar-refractivity contribution in [2.24, 2.45) is 0 Å². The molecule has 1 aliphatic rings. The Morgan fingerprint density at radius 3 is 2.76 bits per heavy atom. The van der Waals surface area contributed by atoms with Crippen molar-refractivity contribution in [3.63, 3.8) is 0 Å². The van der Waals surface area contributed by atoms with Gasteiger partial charge in [-0.05, 0) is 72.9 Å². The van der Waals surface area contributed by atoms with Crippen molar-refractivity contribution in [2.45, 2.75) is 70.2 Å². The molecule has 0 saturated carbocycles. The zero-order valence-corrected chi connectivity index (χ0v) is 23.1. The van der Waals surface area contributed by atoms with Gasteiger partial charge in [0.15, 0.2) is 0 Å². The van der Waals surface area contributed by atoms with Gasteiger partial charge in [-0.1, -0.05) is 31.2 Å². The van der Waals surface area contributed by atoms with Crippen LogP contribution in [0, 0.1) is 5.82 Å². The van der Waals surface area contributed by atoms with Crippen LogP contribution in [0.4, 0.5) is 4.39 Å². The number of carbonyl (C=O) groups excluding carboxylic acids is 2. The SMILES string of the molecule is CCc1cccc(CNC[C@@H](O)[C@@H]2Cc3cc(F)cc(c3)OCCCCC(=O)N[C@@H](CCSC)C(=O)N2)c1. The molecule has 3 atom stereocenters. The first-order valence-corrected chi connectivity index (χ1v) is 14.7. The van der Waals surface area contributed by atoms with Crippen molar-refractivity contribution < 1.29 is 23.8 Å². The Hall–Kier alpha value is -2.62. The first kappa shape index (κ1) is 29.9. The van der Waals surface area contributed by atoms with Crippen LogP contribution in [-0.4, -0.2) is 60.3 Å². The Labute approximate surface area is 229 Å². The number of aryl methyl sites for hydroxylation is 1. The van der Waals surface area contributed by atoms with E-state index in [9.17, 15) is 19.1 Å². The lowest BCUT2D eigenvalue weighted by atomic mass is 9.99. The first-order chi connectivity index (χ1) is 18.4. The number of hydrogen-bond donors (Lipinski definition) is 4. The van der Waals surface area contributed by atoms with Gasteiger partial charge in [0, 0.05) is 25.6 Å². The zero-order valence-electron chi connectivity index (χ0n) is 22.3. The highest BCUT2D eigenvalue weighted by Gasteiger charge is 2.27. The van der Waals surface area contributed by atoms with Crippen molar-refractivity contribution in [3.05, 3.63) is 65.0 Å². The summed E-state index contributed by atoms with van der Waals surface area (Å²) >= 11 is 1.59. The third-order valence-electron chi connectivity index (χ3n) is 6.59. The number of aliphatic hydroxyl groups excluding tert-OH is 1. The monoisotopic (exact) mass is 545 g/mol. The minimum Gasteiger partial charge on any atom is -0.493 e. The summed E-state index contributed by atoms with van der Waals surface area (Å²) in [7, 11) is 0. The topological polar surface area (TPSA) is 99.7 Å². The fourth-order valence-corrected chi connectivity index (χ4v) is 4.93. The summed E-state index contributed by atoms with van der Waals surface area (Å²) in [5.74, 6) is 0.108. The number of thioether (sulfide) groups is 1. The van der Waals surface area contributed by atoms with Gasteiger partial charge in [0.2, 0.25) is 11.8 Å². The fourth-order valence-electron chi connectivity index (χ4n) is 4.46. The van der Waals surface area contributed by atoms with Gasteiger partial charge >= 0.3 is 0 Å². The maximum absolute atomic E-state index is 14.4. The van der Waals surface area contributed by atoms with E-state index in [1.807, 2.05) is 18.4 Å². The highest BCUT2D eigenvalue weighted by atomic mass is 32.2. The van der Waals surface area contributed by atoms with Gasteiger partial charge in [-0.15, -0.1) is 0 Å². The predicted molar refractivity (Wildman–Crippen MR) is 150 cm³/mol. The van der Waals surface area contributed by atoms with Crippen LogP contribution in [0.2, 0.25) is 0 Å². The quantitative estimate of drug-likeness (QED) is 0.386. The molecule has 9 heteroatoms. The number of aliphatic hydroxyl groups is 1. The van der Waals surface area contributed by atoms with Crippen molar-refractivity contribution in [1.29, 1.82) is 0 Å². The maximum Gasteiger partial charge on any atom is 0.242 e. The van der Waals surface area contributed by atoms with E-state index >= 15 is 0 Å². The van der Waals surface area contributed by atoms with Crippen LogP contribution in [0.5, 0.6) is 5.75 Å². The molecule has 2 amide bonds. The van der Waals surface area contributed by atoms with E-state index in [1.165, 1.54) is 17.7 Å². The molecule has 208 valence electrons. The second-order valence-corrected chi connectivity index (χ2v) is 10.7. The van der Waals surface area contributed by atoms with Gasteiger partial charge in [0.25, 0.3) is 0 Å². The number of benzene rings is 2. The number of nitrogens with one attached hydrogen (secondary N) is 3. The molecule has 7 nitrogen and oxygen atoms in total. The molecule has 0 unspecified atom stereocenters. The summed E-state index contributed by atoms with van der Waals surface area (Å²) in [5.41, 5.74) is 2.95. The Balaban J connectivity index is 1.78. The van der Waals surface area contributed by atoms with E-state index in [4.69, 9.17) is 4.74 Å². The van der Waals surface area contributed by atoms with Crippen LogP contribution in [0.15, 0.2) is 42.5 Å². The molecule has 0 aromatic heterocycles. The number of ether oxygens (including phenoxy) is 1. The first-order valence-electron chi connectivity index (χ1n) is 13.4. The maximum atomic E-state index is 14.4. The highest BCUT2D eigenvalue weighted by molar-refractivity contribution is 7.98. The number of halogens is 1. The Morgan fingerprint density at radius 2 is 1.97 bits per heavy atom. The van der Waals surface area contributed by atoms with E-state index in [2.05, 4.69) is 35.0 Å². The van der Waals surface area contributed by atoms with Gasteiger partial charge in [0.05, 0.1) is 18.8 Å². The third kappa shape index (κ3) is 9.93. The summed E-state index contributed by atoms with van der Waals surface area (Å²) in [6.45, 7) is 3.25. The van der Waals surface area contributed by atoms with Crippen molar-refractivity contribution >= 4 is 23.6 Å². The summed E-state index contributed by atoms with van der Waals surface area (Å²) < 4.78 is 20.1. The molecule has 0 radical (unpaired) electrons. The number of carbonyl (C=O) groups is 2. The second-order valence-electron chi connectivity index (χ2n) is 9.69. The summed E-state index contributed by atoms with van der Waals surface area (Å²) in [5, 5.41) is 20.2. The molecule has 0 saturated heterocycles. The fraction of sp³-hybridized carbons (Fsp3) is 0.517. The zero-order chi connectivity index (χ0) is 27.3. The molecule has 1 aliphatic heterocycles. The van der Waals surface area contributed by atoms with Crippen LogP contribution in [0.25, 0.3) is 0 Å². The normalized spacial score (nSPS) is 19.9. The van der Waals surface area contributed by atoms with Gasteiger partial charge < -0.3 is 25.8 Å². The van der Waals surface area contributed by atoms with Crippen LogP contribution in [0.3, 0.4) is 0 Å². The largest absolute Gasteiger partial charge is 0.493 e. The lowest BCUT2D eigenvalue weighted by Crippen LogP contribution is -2.55. The number of rotatable bonds is 9. The minimum absolute atomic E-state index is 0.194. The van der Waals surface area contributed by atoms with E-state index in [-0.39, 0.29) is 31.2 Å². The second kappa shape index (κ2) is 15.7. The molecular weight excluding hydrogens is 505 g/mol. The molecule has 38 heavy (non-hydrogen) atoms. The van der Waals surface area contributed by atoms with E-state index < -0.39 is 24.0 Å². The molecule has 3 rings (SSSR count). The molecule has 0 fully saturated rings. The third-order valence-corrected chi connectivity index (χ3v) is 7.23. The van der Waals surface area contributed by atoms with Crippen LogP contribution in [-0.2, 0) is 29.0 Å². The van der Waals surface area contributed by atoms with Crippen molar-refractivity contribution in [1.82, 2.24) is 16.0 Å². The van der Waals surface area contributed by atoms with Crippen LogP contribution >= 0.6 is 11.8 Å². The van der Waals surface area contributed by atoms with Gasteiger partial charge in [-0.25, -0.2) is 4.39 Å². The number of amides is 2. The standard InChI is InChI=1S/C29H40FN3O4S/c1-3-20-7-6-8-21(13-20)18-31-19-27(34)26-16-22-14-23(30)17-24(15-22)37-11-5-4-9-28(35)32-25(10-12-38-2)29(36)33-26/h6-8,13-15,17,25-27,31,34H,3-5,9-12,16,18-19H2,1-2H3,(H,32,35)(H,33,36)/t25-,26-,27+/m0/s1. The smallest absolute Gasteiger partial charge is 0.242 e. The average molecular weight is 546 g/mol. The van der Waals surface area contributed by atoms with Crippen molar-refractivity contribution in [2.75, 3.05) is 25.2 Å². The van der Waals surface area contributed by atoms with Crippen molar-refractivity contribution in [3.8, 4) is 5.75 Å². The highest BCUT2D eigenvalue weighted by Crippen LogP contribution is 2.20. The van der Waals surface area contributed by atoms with Crippen LogP contribution < -0.4 is 20.7 Å². The average Bonchev–Trinajstić information content (AvgIpc) is 2.90. The number of hydrogen-bond acceptors (Lipinski definition) is 6. The molecule has 2 aromatic carbocycles. The van der Waals surface area contributed by atoms with Gasteiger partial charge in [-0.3, -0.25) is 9.59 Å². The van der Waals surface area contributed by atoms with E-state index in [1.54, 1.807) is 17.8 Å². The number of fused-ring (bicyclic) bond motifs is 2. The summed E-state index contributed by atoms with van der Waals surface area (Å²) in [6, 6.07) is 11.3. The Kier molecular flexibility index (Phi) is 12.4. The Morgan fingerprint density at radius 1 is 1.16 bits per heavy atom. The molecule has 2 aromatic rings. The summed E-state index contributed by atoms with van der Waals surface area (Å²) in [4.78, 5) is 25.8. The molecule has 4 N–H and O–H groups in total. The molecular formula is C29H40FN3O4S. The molecule has 0 aliphatic carbocycles. The summed E-state index contributed by atoms with van der Waals surface area (Å²) in [6.07, 6.45) is 4.12. The Bertz CT molecular complexity index is 1050. The minimum atomic E-state index is -0.950.